The molecule has 7 N–H and O–H groups in total. The number of benzene rings is 1. The average molecular weight is 526 g/mol. The molecule has 10 nitrogen and oxygen atoms in total. The summed E-state index contributed by atoms with van der Waals surface area (Å²) < 4.78 is 34.0. The minimum Gasteiger partial charge on any atom is -0.382 e. The number of nitrogens with one attached hydrogen (secondary N) is 2. The first-order chi connectivity index (χ1) is 17.0. The Hall–Kier alpha value is -2.21. The molecular weight excluding hydrogens is 482 g/mol. The summed E-state index contributed by atoms with van der Waals surface area (Å²) in [6.07, 6.45) is 0.753. The van der Waals surface area contributed by atoms with Crippen molar-refractivity contribution in [3.05, 3.63) is 35.9 Å². The van der Waals surface area contributed by atoms with Gasteiger partial charge in [-0.15, -0.1) is 0 Å². The van der Waals surface area contributed by atoms with E-state index in [4.69, 9.17) is 16.2 Å². The average Bonchev–Trinajstić information content (AvgIpc) is 2.83. The summed E-state index contributed by atoms with van der Waals surface area (Å²) >= 11 is 0. The SMILES string of the molecule is COC1CC(C)C(S(=O)(=O)NC(N)=NCCCC(N)C(O)C(=O)NCCc2ccccc2)C(C)C1C. The normalized spacial score (nSPS) is 26.7. The summed E-state index contributed by atoms with van der Waals surface area (Å²) in [6.45, 7) is 6.45. The Kier molecular flexibility index (Phi) is 11.6. The molecular formula is C25H43N5O5S. The van der Waals surface area contributed by atoms with E-state index in [1.54, 1.807) is 7.11 Å². The van der Waals surface area contributed by atoms with Gasteiger partial charge < -0.3 is 26.6 Å². The molecule has 1 saturated carbocycles. The van der Waals surface area contributed by atoms with Gasteiger partial charge in [0.2, 0.25) is 21.9 Å². The lowest BCUT2D eigenvalue weighted by molar-refractivity contribution is -0.130. The van der Waals surface area contributed by atoms with Crippen LogP contribution in [0.15, 0.2) is 35.3 Å². The van der Waals surface area contributed by atoms with Crippen molar-refractivity contribution in [3.63, 3.8) is 0 Å². The van der Waals surface area contributed by atoms with Crippen LogP contribution >= 0.6 is 0 Å². The Morgan fingerprint density at radius 2 is 1.89 bits per heavy atom. The molecule has 1 amide bonds. The van der Waals surface area contributed by atoms with Crippen molar-refractivity contribution >= 4 is 21.9 Å². The second-order valence-corrected chi connectivity index (χ2v) is 11.7. The van der Waals surface area contributed by atoms with Crippen molar-refractivity contribution in [2.24, 2.45) is 34.2 Å². The Balaban J connectivity index is 1.77. The topological polar surface area (TPSA) is 169 Å². The largest absolute Gasteiger partial charge is 0.382 e. The number of guanidine groups is 1. The summed E-state index contributed by atoms with van der Waals surface area (Å²) in [7, 11) is -2.08. The van der Waals surface area contributed by atoms with Crippen molar-refractivity contribution in [1.29, 1.82) is 0 Å². The molecule has 1 aromatic rings. The first-order valence-electron chi connectivity index (χ1n) is 12.6. The lowest BCUT2D eigenvalue weighted by Crippen LogP contribution is -2.53. The number of aliphatic hydroxyl groups is 1. The van der Waals surface area contributed by atoms with E-state index in [9.17, 15) is 18.3 Å². The third-order valence-corrected chi connectivity index (χ3v) is 9.32. The zero-order chi connectivity index (χ0) is 26.9. The maximum atomic E-state index is 13.0. The predicted octanol–water partition coefficient (Wildman–Crippen LogP) is 0.743. The van der Waals surface area contributed by atoms with Crippen LogP contribution in [0.5, 0.6) is 0 Å². The molecule has 7 atom stereocenters. The Morgan fingerprint density at radius 1 is 1.22 bits per heavy atom. The van der Waals surface area contributed by atoms with Crippen LogP contribution in [0.1, 0.15) is 45.6 Å². The highest BCUT2D eigenvalue weighted by atomic mass is 32.2. The van der Waals surface area contributed by atoms with E-state index in [0.29, 0.717) is 32.2 Å². The van der Waals surface area contributed by atoms with Gasteiger partial charge in [0.05, 0.1) is 11.4 Å². The summed E-state index contributed by atoms with van der Waals surface area (Å²) in [4.78, 5) is 16.3. The number of nitrogens with two attached hydrogens (primary N) is 2. The fourth-order valence-corrected chi connectivity index (χ4v) is 7.00. The standard InChI is InChI=1S/C25H43N5O5S/c1-16-15-21(35-4)17(2)18(3)23(16)36(33,34)30-25(27)29-13-8-11-20(26)22(31)24(32)28-14-12-19-9-6-5-7-10-19/h5-7,9-10,16-18,20-23,31H,8,11-15,26H2,1-4H3,(H,28,32)(H3,27,29,30). The monoisotopic (exact) mass is 525 g/mol. The highest BCUT2D eigenvalue weighted by Gasteiger charge is 2.45. The predicted molar refractivity (Wildman–Crippen MR) is 142 cm³/mol. The molecule has 0 aromatic heterocycles. The molecule has 11 heteroatoms. The number of aliphatic imine (C=N–C) groups is 1. The Morgan fingerprint density at radius 3 is 2.53 bits per heavy atom. The van der Waals surface area contributed by atoms with Gasteiger partial charge >= 0.3 is 0 Å². The lowest BCUT2D eigenvalue weighted by atomic mass is 9.74. The number of aliphatic hydroxyl groups excluding tert-OH is 1. The highest BCUT2D eigenvalue weighted by Crippen LogP contribution is 2.38. The molecule has 2 rings (SSSR count). The quantitative estimate of drug-likeness (QED) is 0.152. The van der Waals surface area contributed by atoms with Gasteiger partial charge in [-0.2, -0.15) is 0 Å². The maximum Gasteiger partial charge on any atom is 0.250 e. The lowest BCUT2D eigenvalue weighted by Gasteiger charge is -2.42. The number of hydrogen-bond donors (Lipinski definition) is 5. The minimum absolute atomic E-state index is 0.0259. The fourth-order valence-electron chi connectivity index (χ4n) is 4.97. The van der Waals surface area contributed by atoms with E-state index < -0.39 is 33.3 Å². The molecule has 36 heavy (non-hydrogen) atoms. The first kappa shape index (κ1) is 30.0. The van der Waals surface area contributed by atoms with Gasteiger partial charge in [-0.05, 0) is 49.0 Å². The molecule has 0 heterocycles. The van der Waals surface area contributed by atoms with Crippen molar-refractivity contribution in [2.75, 3.05) is 20.2 Å². The number of ether oxygens (including phenoxy) is 1. The van der Waals surface area contributed by atoms with Crippen LogP contribution < -0.4 is 21.5 Å². The van der Waals surface area contributed by atoms with E-state index in [1.165, 1.54) is 0 Å². The van der Waals surface area contributed by atoms with Gasteiger partial charge in [-0.25, -0.2) is 8.42 Å². The third kappa shape index (κ3) is 8.43. The number of carbonyl (C=O) groups is 1. The van der Waals surface area contributed by atoms with E-state index in [1.807, 2.05) is 51.1 Å². The number of carbonyl (C=O) groups excluding carboxylic acids is 1. The van der Waals surface area contributed by atoms with Crippen molar-refractivity contribution in [2.45, 2.75) is 70.0 Å². The van der Waals surface area contributed by atoms with Gasteiger partial charge in [-0.1, -0.05) is 51.1 Å². The van der Waals surface area contributed by atoms with Crippen molar-refractivity contribution in [3.8, 4) is 0 Å². The zero-order valence-electron chi connectivity index (χ0n) is 21.8. The van der Waals surface area contributed by atoms with Crippen molar-refractivity contribution < 1.29 is 23.1 Å². The summed E-state index contributed by atoms with van der Waals surface area (Å²) in [5, 5.41) is 12.3. The molecule has 7 unspecified atom stereocenters. The Bertz CT molecular complexity index is 959. The molecule has 1 aromatic carbocycles. The van der Waals surface area contributed by atoms with Gasteiger partial charge in [0.1, 0.15) is 6.10 Å². The molecule has 0 bridgehead atoms. The summed E-state index contributed by atoms with van der Waals surface area (Å²) in [6, 6.07) is 8.94. The van der Waals surface area contributed by atoms with E-state index in [-0.39, 0.29) is 36.4 Å². The molecule has 204 valence electrons. The third-order valence-electron chi connectivity index (χ3n) is 7.21. The van der Waals surface area contributed by atoms with E-state index in [0.717, 1.165) is 5.56 Å². The number of hydrogen-bond acceptors (Lipinski definition) is 7. The van der Waals surface area contributed by atoms with Crippen LogP contribution in [0.25, 0.3) is 0 Å². The number of nitrogens with zero attached hydrogens (tertiary/aromatic N) is 1. The van der Waals surface area contributed by atoms with Crippen LogP contribution in [-0.2, 0) is 26.0 Å². The zero-order valence-corrected chi connectivity index (χ0v) is 22.6. The molecule has 0 saturated heterocycles. The van der Waals surface area contributed by atoms with E-state index >= 15 is 0 Å². The van der Waals surface area contributed by atoms with Gasteiger partial charge in [0.15, 0.2) is 0 Å². The van der Waals surface area contributed by atoms with Gasteiger partial charge in [0.25, 0.3) is 0 Å². The Labute approximate surface area is 215 Å². The number of methoxy groups -OCH3 is 1. The van der Waals surface area contributed by atoms with Crippen LogP contribution in [0.2, 0.25) is 0 Å². The minimum atomic E-state index is -3.73. The molecule has 1 aliphatic rings. The molecule has 1 aliphatic carbocycles. The van der Waals surface area contributed by atoms with E-state index in [2.05, 4.69) is 15.0 Å². The molecule has 1 fully saturated rings. The number of sulfonamides is 1. The molecule has 0 spiro atoms. The molecule has 0 aliphatic heterocycles. The number of rotatable bonds is 12. The second-order valence-electron chi connectivity index (χ2n) is 9.86. The highest BCUT2D eigenvalue weighted by molar-refractivity contribution is 7.90. The number of amides is 1. The first-order valence-corrected chi connectivity index (χ1v) is 14.1. The van der Waals surface area contributed by atoms with Crippen LogP contribution in [0.3, 0.4) is 0 Å². The second kappa shape index (κ2) is 13.9. The summed E-state index contributed by atoms with van der Waals surface area (Å²) in [5.41, 5.74) is 12.9. The summed E-state index contributed by atoms with van der Waals surface area (Å²) in [5.74, 6) is -0.806. The van der Waals surface area contributed by atoms with Gasteiger partial charge in [-0.3, -0.25) is 14.5 Å². The molecule has 0 radical (unpaired) electrons. The maximum absolute atomic E-state index is 13.0. The van der Waals surface area contributed by atoms with Crippen LogP contribution in [-0.4, -0.2) is 69.1 Å². The smallest absolute Gasteiger partial charge is 0.250 e. The van der Waals surface area contributed by atoms with Gasteiger partial charge in [0, 0.05) is 26.2 Å². The fraction of sp³-hybridized carbons (Fsp3) is 0.680. The van der Waals surface area contributed by atoms with Crippen LogP contribution in [0, 0.1) is 17.8 Å². The van der Waals surface area contributed by atoms with Crippen molar-refractivity contribution in [1.82, 2.24) is 10.0 Å². The van der Waals surface area contributed by atoms with Crippen LogP contribution in [0.4, 0.5) is 0 Å².